The third-order valence-corrected chi connectivity index (χ3v) is 7.27. The van der Waals surface area contributed by atoms with E-state index in [1.54, 1.807) is 28.4 Å². The van der Waals surface area contributed by atoms with Crippen LogP contribution in [-0.4, -0.2) is 45.5 Å². The highest BCUT2D eigenvalue weighted by atomic mass is 32.2. The van der Waals surface area contributed by atoms with E-state index < -0.39 is 12.0 Å². The van der Waals surface area contributed by atoms with E-state index in [-0.39, 0.29) is 17.1 Å². The summed E-state index contributed by atoms with van der Waals surface area (Å²) < 4.78 is 0. The van der Waals surface area contributed by atoms with Crippen molar-refractivity contribution in [3.05, 3.63) is 66.2 Å². The number of carboxylic acids is 1. The summed E-state index contributed by atoms with van der Waals surface area (Å²) in [7, 11) is 0. The maximum Gasteiger partial charge on any atom is 0.326 e. The number of hydrogen-bond donors (Lipinski definition) is 1. The number of carbonyl (C=O) groups excluding carboxylic acids is 1. The van der Waals surface area contributed by atoms with Crippen LogP contribution in [0.15, 0.2) is 65.6 Å². The topological polar surface area (TPSA) is 57.6 Å². The van der Waals surface area contributed by atoms with Gasteiger partial charge >= 0.3 is 5.97 Å². The second-order valence-corrected chi connectivity index (χ2v) is 9.44. The molecule has 0 aliphatic carbocycles. The Morgan fingerprint density at radius 2 is 1.75 bits per heavy atom. The Kier molecular flexibility index (Phi) is 7.45. The average molecular weight is 416 g/mol. The monoisotopic (exact) mass is 415 g/mol. The fourth-order valence-electron chi connectivity index (χ4n) is 3.33. The van der Waals surface area contributed by atoms with E-state index in [0.717, 1.165) is 10.6 Å². The van der Waals surface area contributed by atoms with Gasteiger partial charge in [0.25, 0.3) is 0 Å². The van der Waals surface area contributed by atoms with Crippen LogP contribution in [0, 0.1) is 5.92 Å². The minimum Gasteiger partial charge on any atom is -0.480 e. The molecule has 3 rings (SSSR count). The van der Waals surface area contributed by atoms with Crippen LogP contribution in [0.1, 0.15) is 18.9 Å². The molecule has 1 amide bonds. The lowest BCUT2D eigenvalue weighted by molar-refractivity contribution is -0.149. The highest BCUT2D eigenvalue weighted by molar-refractivity contribution is 8.00. The van der Waals surface area contributed by atoms with Gasteiger partial charge in [-0.05, 0) is 24.1 Å². The van der Waals surface area contributed by atoms with Gasteiger partial charge in [-0.15, -0.1) is 11.8 Å². The van der Waals surface area contributed by atoms with Gasteiger partial charge in [-0.3, -0.25) is 4.79 Å². The second-order valence-electron chi connectivity index (χ2n) is 7.04. The van der Waals surface area contributed by atoms with Crippen LogP contribution in [0.2, 0.25) is 0 Å². The second kappa shape index (κ2) is 10.0. The summed E-state index contributed by atoms with van der Waals surface area (Å²) in [4.78, 5) is 27.4. The minimum absolute atomic E-state index is 0.0517. The van der Waals surface area contributed by atoms with Crippen LogP contribution in [0.25, 0.3) is 0 Å². The van der Waals surface area contributed by atoms with Crippen molar-refractivity contribution < 1.29 is 14.7 Å². The summed E-state index contributed by atoms with van der Waals surface area (Å²) >= 11 is 3.37. The highest BCUT2D eigenvalue weighted by Crippen LogP contribution is 2.34. The number of hydrogen-bond acceptors (Lipinski definition) is 4. The van der Waals surface area contributed by atoms with Crippen molar-refractivity contribution in [3.63, 3.8) is 0 Å². The van der Waals surface area contributed by atoms with Crippen LogP contribution in [0.5, 0.6) is 0 Å². The molecule has 0 aromatic heterocycles. The Bertz CT molecular complexity index is 785. The van der Waals surface area contributed by atoms with Crippen LogP contribution in [-0.2, 0) is 15.3 Å². The fraction of sp³-hybridized carbons (Fsp3) is 0.364. The highest BCUT2D eigenvalue weighted by Gasteiger charge is 2.41. The zero-order valence-corrected chi connectivity index (χ0v) is 17.5. The van der Waals surface area contributed by atoms with Crippen LogP contribution < -0.4 is 0 Å². The van der Waals surface area contributed by atoms with E-state index in [2.05, 4.69) is 12.1 Å². The van der Waals surface area contributed by atoms with Crippen molar-refractivity contribution in [2.24, 2.45) is 5.92 Å². The lowest BCUT2D eigenvalue weighted by Crippen LogP contribution is -2.43. The van der Waals surface area contributed by atoms with E-state index in [1.165, 1.54) is 5.56 Å². The largest absolute Gasteiger partial charge is 0.480 e. The van der Waals surface area contributed by atoms with E-state index in [0.29, 0.717) is 18.7 Å². The number of aliphatic carboxylic acids is 1. The summed E-state index contributed by atoms with van der Waals surface area (Å²) in [6.07, 6.45) is 0.491. The first-order chi connectivity index (χ1) is 13.5. The maximum atomic E-state index is 12.9. The first kappa shape index (κ1) is 20.8. The first-order valence-corrected chi connectivity index (χ1v) is 11.4. The van der Waals surface area contributed by atoms with Gasteiger partial charge < -0.3 is 10.0 Å². The van der Waals surface area contributed by atoms with Crippen molar-refractivity contribution in [1.82, 2.24) is 4.90 Å². The van der Waals surface area contributed by atoms with E-state index in [4.69, 9.17) is 0 Å². The van der Waals surface area contributed by atoms with E-state index in [1.807, 2.05) is 55.5 Å². The van der Waals surface area contributed by atoms with Crippen molar-refractivity contribution in [3.8, 4) is 0 Å². The molecule has 2 aromatic rings. The number of carbonyl (C=O) groups is 2. The molecule has 0 spiro atoms. The average Bonchev–Trinajstić information content (AvgIpc) is 3.13. The zero-order valence-electron chi connectivity index (χ0n) is 15.9. The molecule has 28 heavy (non-hydrogen) atoms. The number of carboxylic acid groups (broad SMARTS) is 1. The number of thioether (sulfide) groups is 2. The van der Waals surface area contributed by atoms with Crippen LogP contribution in [0.4, 0.5) is 0 Å². The molecular weight excluding hydrogens is 390 g/mol. The predicted octanol–water partition coefficient (Wildman–Crippen LogP) is 4.40. The van der Waals surface area contributed by atoms with Crippen molar-refractivity contribution in [1.29, 1.82) is 0 Å². The Morgan fingerprint density at radius 3 is 2.39 bits per heavy atom. The molecule has 3 atom stereocenters. The van der Waals surface area contributed by atoms with Gasteiger partial charge in [0.15, 0.2) is 0 Å². The smallest absolute Gasteiger partial charge is 0.326 e. The summed E-state index contributed by atoms with van der Waals surface area (Å²) in [5.41, 5.74) is 1.23. The van der Waals surface area contributed by atoms with Gasteiger partial charge in [-0.2, -0.15) is 11.8 Å². The number of amides is 1. The number of rotatable bonds is 8. The molecule has 1 heterocycles. The summed E-state index contributed by atoms with van der Waals surface area (Å²) in [5, 5.41) is 9.72. The van der Waals surface area contributed by atoms with Gasteiger partial charge in [0.1, 0.15) is 6.04 Å². The molecule has 2 unspecified atom stereocenters. The Hall–Kier alpha value is -1.92. The third kappa shape index (κ3) is 5.55. The maximum absolute atomic E-state index is 12.9. The third-order valence-electron chi connectivity index (χ3n) is 4.78. The van der Waals surface area contributed by atoms with Crippen molar-refractivity contribution in [2.75, 3.05) is 12.3 Å². The molecule has 0 radical (unpaired) electrons. The van der Waals surface area contributed by atoms with E-state index >= 15 is 0 Å². The van der Waals surface area contributed by atoms with Gasteiger partial charge in [-0.1, -0.05) is 55.5 Å². The number of likely N-dealkylation sites (tertiary alicyclic amines) is 1. The van der Waals surface area contributed by atoms with Crippen LogP contribution >= 0.6 is 23.5 Å². The molecule has 1 saturated heterocycles. The first-order valence-electron chi connectivity index (χ1n) is 9.41. The summed E-state index contributed by atoms with van der Waals surface area (Å²) in [5.74, 6) is 0.384. The quantitative estimate of drug-likeness (QED) is 0.692. The molecule has 1 aliphatic heterocycles. The predicted molar refractivity (Wildman–Crippen MR) is 116 cm³/mol. The van der Waals surface area contributed by atoms with E-state index in [9.17, 15) is 14.7 Å². The zero-order chi connectivity index (χ0) is 19.9. The fourth-order valence-corrected chi connectivity index (χ4v) is 5.59. The van der Waals surface area contributed by atoms with Gasteiger partial charge in [0.05, 0.1) is 0 Å². The molecule has 2 aromatic carbocycles. The molecule has 1 fully saturated rings. The summed E-state index contributed by atoms with van der Waals surface area (Å²) in [6.45, 7) is 2.39. The molecule has 1 N–H and O–H groups in total. The van der Waals surface area contributed by atoms with Crippen LogP contribution in [0.3, 0.4) is 0 Å². The molecule has 1 aliphatic rings. The Labute approximate surface area is 174 Å². The minimum atomic E-state index is -0.909. The van der Waals surface area contributed by atoms with Gasteiger partial charge in [0.2, 0.25) is 5.91 Å². The Morgan fingerprint density at radius 1 is 1.11 bits per heavy atom. The number of benzene rings is 2. The molecule has 148 valence electrons. The molecule has 6 heteroatoms. The lowest BCUT2D eigenvalue weighted by atomic mass is 10.1. The lowest BCUT2D eigenvalue weighted by Gasteiger charge is -2.24. The number of nitrogens with zero attached hydrogens (tertiary/aromatic N) is 1. The standard InChI is InChI=1S/C22H25NO3S2/c1-16(14-27-15-17-8-4-2-5-9-17)21(24)23-13-19(12-20(23)22(25)26)28-18-10-6-3-7-11-18/h2-11,16,19-20H,12-15H2,1H3,(H,25,26)/t16?,19?,20-/m0/s1. The molecular formula is C22H25NO3S2. The van der Waals surface area contributed by atoms with Gasteiger partial charge in [0, 0.05) is 34.1 Å². The molecule has 4 nitrogen and oxygen atoms in total. The Balaban J connectivity index is 1.56. The van der Waals surface area contributed by atoms with Crippen molar-refractivity contribution >= 4 is 35.4 Å². The SMILES string of the molecule is CC(CSCc1ccccc1)C(=O)N1CC(Sc2ccccc2)C[C@H]1C(=O)O. The van der Waals surface area contributed by atoms with Crippen molar-refractivity contribution in [2.45, 2.75) is 35.3 Å². The molecule has 0 bridgehead atoms. The van der Waals surface area contributed by atoms with Gasteiger partial charge in [-0.25, -0.2) is 4.79 Å². The normalized spacial score (nSPS) is 20.1. The molecule has 0 saturated carbocycles. The summed E-state index contributed by atoms with van der Waals surface area (Å²) in [6, 6.07) is 19.4.